The second kappa shape index (κ2) is 3.84. The topological polar surface area (TPSA) is 78.1 Å². The Kier molecular flexibility index (Phi) is 2.93. The molecule has 2 N–H and O–H groups in total. The largest absolute Gasteiger partial charge is 0.456 e. The average molecular weight is 209 g/mol. The molecule has 82 valence electrons. The molecule has 0 bridgehead atoms. The van der Waals surface area contributed by atoms with Gasteiger partial charge in [0.05, 0.1) is 0 Å². The van der Waals surface area contributed by atoms with Crippen molar-refractivity contribution in [1.82, 2.24) is 9.97 Å². The van der Waals surface area contributed by atoms with E-state index in [0.717, 1.165) is 0 Å². The van der Waals surface area contributed by atoms with Crippen LogP contribution in [0.1, 0.15) is 37.0 Å². The highest BCUT2D eigenvalue weighted by Crippen LogP contribution is 2.14. The highest BCUT2D eigenvalue weighted by atomic mass is 16.6. The molecule has 0 aliphatic carbocycles. The molecule has 0 amide bonds. The third kappa shape index (κ3) is 3.19. The number of hydrogen-bond donors (Lipinski definition) is 1. The maximum atomic E-state index is 11.6. The van der Waals surface area contributed by atoms with Crippen LogP contribution in [0, 0.1) is 6.92 Å². The van der Waals surface area contributed by atoms with Crippen molar-refractivity contribution in [2.45, 2.75) is 33.3 Å². The minimum absolute atomic E-state index is 0.150. The number of hydrogen-bond acceptors (Lipinski definition) is 5. The van der Waals surface area contributed by atoms with Gasteiger partial charge >= 0.3 is 5.97 Å². The normalized spacial score (nSPS) is 11.2. The fourth-order valence-electron chi connectivity index (χ4n) is 0.978. The molecule has 0 spiro atoms. The smallest absolute Gasteiger partial charge is 0.344 e. The van der Waals surface area contributed by atoms with E-state index in [1.807, 2.05) is 0 Å². The van der Waals surface area contributed by atoms with Gasteiger partial charge in [-0.3, -0.25) is 0 Å². The van der Waals surface area contributed by atoms with E-state index in [-0.39, 0.29) is 11.4 Å². The number of nitrogens with zero attached hydrogens (tertiary/aromatic N) is 2. The summed E-state index contributed by atoms with van der Waals surface area (Å²) in [6.07, 6.45) is 1.38. The summed E-state index contributed by atoms with van der Waals surface area (Å²) in [7, 11) is 0. The van der Waals surface area contributed by atoms with Gasteiger partial charge < -0.3 is 10.5 Å². The zero-order valence-electron chi connectivity index (χ0n) is 9.37. The van der Waals surface area contributed by atoms with Crippen LogP contribution >= 0.6 is 0 Å². The van der Waals surface area contributed by atoms with Gasteiger partial charge in [-0.15, -0.1) is 0 Å². The molecule has 0 aliphatic rings. The molecule has 0 fully saturated rings. The molecule has 5 heteroatoms. The Balaban J connectivity index is 2.92. The van der Waals surface area contributed by atoms with E-state index in [1.165, 1.54) is 6.20 Å². The SMILES string of the molecule is Cc1ncc(C(=O)OC(C)(C)C)c(N)n1. The Morgan fingerprint density at radius 3 is 2.53 bits per heavy atom. The van der Waals surface area contributed by atoms with Crippen molar-refractivity contribution in [3.8, 4) is 0 Å². The molecule has 0 atom stereocenters. The predicted octanol–water partition coefficient (Wildman–Crippen LogP) is 1.32. The van der Waals surface area contributed by atoms with Crippen molar-refractivity contribution in [2.75, 3.05) is 5.73 Å². The molecule has 1 heterocycles. The number of aryl methyl sites for hydroxylation is 1. The second-order valence-corrected chi connectivity index (χ2v) is 4.22. The van der Waals surface area contributed by atoms with Crippen molar-refractivity contribution >= 4 is 11.8 Å². The van der Waals surface area contributed by atoms with Crippen LogP contribution < -0.4 is 5.73 Å². The van der Waals surface area contributed by atoms with Crippen LogP contribution in [0.2, 0.25) is 0 Å². The van der Waals surface area contributed by atoms with E-state index >= 15 is 0 Å². The summed E-state index contributed by atoms with van der Waals surface area (Å²) in [6.45, 7) is 7.07. The molecule has 0 aromatic carbocycles. The van der Waals surface area contributed by atoms with Gasteiger partial charge in [-0.2, -0.15) is 0 Å². The van der Waals surface area contributed by atoms with E-state index < -0.39 is 11.6 Å². The van der Waals surface area contributed by atoms with Crippen LogP contribution in [0.4, 0.5) is 5.82 Å². The fraction of sp³-hybridized carbons (Fsp3) is 0.500. The summed E-state index contributed by atoms with van der Waals surface area (Å²) >= 11 is 0. The van der Waals surface area contributed by atoms with Gasteiger partial charge in [0, 0.05) is 6.20 Å². The summed E-state index contributed by atoms with van der Waals surface area (Å²) in [4.78, 5) is 19.4. The predicted molar refractivity (Wildman–Crippen MR) is 56.3 cm³/mol. The van der Waals surface area contributed by atoms with Crippen LogP contribution in [0.25, 0.3) is 0 Å². The van der Waals surface area contributed by atoms with E-state index in [2.05, 4.69) is 9.97 Å². The molecule has 1 aromatic heterocycles. The van der Waals surface area contributed by atoms with Crippen molar-refractivity contribution < 1.29 is 9.53 Å². The van der Waals surface area contributed by atoms with Gasteiger partial charge in [0.2, 0.25) is 0 Å². The van der Waals surface area contributed by atoms with E-state index in [9.17, 15) is 4.79 Å². The first-order valence-electron chi connectivity index (χ1n) is 4.62. The van der Waals surface area contributed by atoms with Crippen LogP contribution in [0.3, 0.4) is 0 Å². The minimum Gasteiger partial charge on any atom is -0.456 e. The van der Waals surface area contributed by atoms with Gasteiger partial charge in [0.15, 0.2) is 0 Å². The van der Waals surface area contributed by atoms with Crippen LogP contribution in [0.15, 0.2) is 6.20 Å². The Morgan fingerprint density at radius 2 is 2.07 bits per heavy atom. The first-order chi connectivity index (χ1) is 6.79. The number of rotatable bonds is 1. The second-order valence-electron chi connectivity index (χ2n) is 4.22. The molecule has 1 rings (SSSR count). The molecule has 0 unspecified atom stereocenters. The molecule has 15 heavy (non-hydrogen) atoms. The Morgan fingerprint density at radius 1 is 1.47 bits per heavy atom. The number of carbonyl (C=O) groups is 1. The molecule has 0 saturated heterocycles. The lowest BCUT2D eigenvalue weighted by atomic mass is 10.2. The summed E-state index contributed by atoms with van der Waals surface area (Å²) in [5, 5.41) is 0. The summed E-state index contributed by atoms with van der Waals surface area (Å²) < 4.78 is 5.15. The number of esters is 1. The van der Waals surface area contributed by atoms with Crippen molar-refractivity contribution in [2.24, 2.45) is 0 Å². The quantitative estimate of drug-likeness (QED) is 0.706. The molecule has 1 aromatic rings. The Bertz CT molecular complexity index is 383. The third-order valence-electron chi connectivity index (χ3n) is 1.56. The highest BCUT2D eigenvalue weighted by molar-refractivity contribution is 5.93. The monoisotopic (exact) mass is 209 g/mol. The number of nitrogens with two attached hydrogens (primary N) is 1. The molecular weight excluding hydrogens is 194 g/mol. The highest BCUT2D eigenvalue weighted by Gasteiger charge is 2.20. The Labute approximate surface area is 88.7 Å². The number of aromatic nitrogens is 2. The van der Waals surface area contributed by atoms with Crippen LogP contribution in [-0.2, 0) is 4.74 Å². The average Bonchev–Trinajstić information content (AvgIpc) is 1.99. The number of nitrogen functional groups attached to an aromatic ring is 1. The number of carbonyl (C=O) groups excluding carboxylic acids is 1. The van der Waals surface area contributed by atoms with Crippen molar-refractivity contribution in [3.63, 3.8) is 0 Å². The van der Waals surface area contributed by atoms with Gasteiger partial charge in [-0.05, 0) is 27.7 Å². The van der Waals surface area contributed by atoms with Gasteiger partial charge in [0.25, 0.3) is 0 Å². The van der Waals surface area contributed by atoms with Crippen molar-refractivity contribution in [1.29, 1.82) is 0 Å². The lowest BCUT2D eigenvalue weighted by Crippen LogP contribution is -2.24. The minimum atomic E-state index is -0.547. The zero-order valence-corrected chi connectivity index (χ0v) is 9.37. The van der Waals surface area contributed by atoms with Crippen LogP contribution in [0.5, 0.6) is 0 Å². The van der Waals surface area contributed by atoms with E-state index in [1.54, 1.807) is 27.7 Å². The van der Waals surface area contributed by atoms with E-state index in [4.69, 9.17) is 10.5 Å². The standard InChI is InChI=1S/C10H15N3O2/c1-6-12-5-7(8(11)13-6)9(14)15-10(2,3)4/h5H,1-4H3,(H2,11,12,13). The summed E-state index contributed by atoms with van der Waals surface area (Å²) in [6, 6.07) is 0. The number of ether oxygens (including phenoxy) is 1. The zero-order chi connectivity index (χ0) is 11.6. The van der Waals surface area contributed by atoms with Gasteiger partial charge in [-0.25, -0.2) is 14.8 Å². The van der Waals surface area contributed by atoms with Gasteiger partial charge in [0.1, 0.15) is 22.8 Å². The fourth-order valence-corrected chi connectivity index (χ4v) is 0.978. The van der Waals surface area contributed by atoms with Crippen molar-refractivity contribution in [3.05, 3.63) is 17.6 Å². The number of anilines is 1. The molecule has 0 saturated carbocycles. The Hall–Kier alpha value is -1.65. The molecule has 0 aliphatic heterocycles. The maximum absolute atomic E-state index is 11.6. The van der Waals surface area contributed by atoms with E-state index in [0.29, 0.717) is 5.82 Å². The molecule has 0 radical (unpaired) electrons. The van der Waals surface area contributed by atoms with Crippen LogP contribution in [-0.4, -0.2) is 21.5 Å². The first kappa shape index (κ1) is 11.4. The lowest BCUT2D eigenvalue weighted by molar-refractivity contribution is 0.00700. The summed E-state index contributed by atoms with van der Waals surface area (Å²) in [5.41, 5.74) is 5.25. The van der Waals surface area contributed by atoms with Gasteiger partial charge in [-0.1, -0.05) is 0 Å². The summed E-state index contributed by atoms with van der Waals surface area (Å²) in [5.74, 6) is 0.177. The molecule has 5 nitrogen and oxygen atoms in total. The lowest BCUT2D eigenvalue weighted by Gasteiger charge is -2.19. The third-order valence-corrected chi connectivity index (χ3v) is 1.56. The maximum Gasteiger partial charge on any atom is 0.344 e. The molecular formula is C10H15N3O2. The first-order valence-corrected chi connectivity index (χ1v) is 4.62.